The molecular weight excluding hydrogens is 408 g/mol. The average molecular weight is 423 g/mol. The highest BCUT2D eigenvalue weighted by Crippen LogP contribution is 2.24. The molecule has 0 radical (unpaired) electrons. The van der Waals surface area contributed by atoms with Gasteiger partial charge in [-0.3, -0.25) is 0 Å². The van der Waals surface area contributed by atoms with Crippen LogP contribution in [0.1, 0.15) is 33.2 Å². The molecule has 3 aromatic carbocycles. The summed E-state index contributed by atoms with van der Waals surface area (Å²) in [5, 5.41) is 8.68. The number of halogens is 2. The summed E-state index contributed by atoms with van der Waals surface area (Å²) in [5.41, 5.74) is -0.175. The Bertz CT molecular complexity index is 1150. The summed E-state index contributed by atoms with van der Waals surface area (Å²) >= 11 is 0. The molecule has 0 bridgehead atoms. The van der Waals surface area contributed by atoms with Crippen LogP contribution in [0.15, 0.2) is 60.7 Å². The van der Waals surface area contributed by atoms with Gasteiger partial charge in [-0.1, -0.05) is 0 Å². The maximum absolute atomic E-state index is 13.9. The first-order valence-electron chi connectivity index (χ1n) is 9.08. The third kappa shape index (κ3) is 5.03. The highest BCUT2D eigenvalue weighted by atomic mass is 19.2. The van der Waals surface area contributed by atoms with E-state index in [2.05, 4.69) is 0 Å². The van der Waals surface area contributed by atoms with Crippen molar-refractivity contribution < 1.29 is 32.6 Å². The fraction of sp³-hybridized carbons (Fsp3) is 0.0870. The molecule has 31 heavy (non-hydrogen) atoms. The molecule has 0 aliphatic heterocycles. The normalized spacial score (nSPS) is 10.1. The van der Waals surface area contributed by atoms with Gasteiger partial charge in [0, 0.05) is 0 Å². The number of nitriles is 1. The molecule has 0 amide bonds. The lowest BCUT2D eigenvalue weighted by atomic mass is 10.2. The molecule has 6 nitrogen and oxygen atoms in total. The number of nitrogens with zero attached hydrogens (tertiary/aromatic N) is 1. The van der Waals surface area contributed by atoms with Crippen LogP contribution >= 0.6 is 0 Å². The Morgan fingerprint density at radius 1 is 0.806 bits per heavy atom. The zero-order chi connectivity index (χ0) is 22.4. The molecule has 0 aliphatic carbocycles. The van der Waals surface area contributed by atoms with Gasteiger partial charge < -0.3 is 14.2 Å². The number of carbonyl (C=O) groups is 2. The second-order valence-electron chi connectivity index (χ2n) is 6.11. The first kappa shape index (κ1) is 21.5. The lowest BCUT2D eigenvalue weighted by molar-refractivity contribution is 0.0724. The van der Waals surface area contributed by atoms with Gasteiger partial charge in [0.1, 0.15) is 17.6 Å². The Morgan fingerprint density at radius 2 is 1.35 bits per heavy atom. The van der Waals surface area contributed by atoms with Gasteiger partial charge in [0.25, 0.3) is 0 Å². The monoisotopic (exact) mass is 423 g/mol. The molecule has 0 unspecified atom stereocenters. The third-order valence-corrected chi connectivity index (χ3v) is 4.07. The molecule has 0 atom stereocenters. The van der Waals surface area contributed by atoms with E-state index in [1.54, 1.807) is 24.3 Å². The Morgan fingerprint density at radius 3 is 1.90 bits per heavy atom. The minimum absolute atomic E-state index is 0.0186. The molecule has 156 valence electrons. The van der Waals surface area contributed by atoms with Crippen molar-refractivity contribution >= 4 is 11.9 Å². The van der Waals surface area contributed by atoms with Crippen molar-refractivity contribution in [3.05, 3.63) is 89.0 Å². The number of hydrogen-bond donors (Lipinski definition) is 0. The van der Waals surface area contributed by atoms with E-state index in [-0.39, 0.29) is 11.3 Å². The minimum atomic E-state index is -1.44. The third-order valence-electron chi connectivity index (χ3n) is 4.07. The van der Waals surface area contributed by atoms with E-state index in [0.29, 0.717) is 17.9 Å². The van der Waals surface area contributed by atoms with Crippen molar-refractivity contribution in [3.8, 4) is 23.3 Å². The van der Waals surface area contributed by atoms with Gasteiger partial charge >= 0.3 is 11.9 Å². The van der Waals surface area contributed by atoms with Crippen LogP contribution in [0.4, 0.5) is 8.78 Å². The van der Waals surface area contributed by atoms with Crippen LogP contribution in [-0.4, -0.2) is 18.5 Å². The summed E-state index contributed by atoms with van der Waals surface area (Å²) in [4.78, 5) is 24.4. The molecule has 0 saturated carbocycles. The van der Waals surface area contributed by atoms with Crippen LogP contribution in [0.25, 0.3) is 0 Å². The quantitative estimate of drug-likeness (QED) is 0.423. The number of benzene rings is 3. The van der Waals surface area contributed by atoms with Gasteiger partial charge in [-0.15, -0.1) is 0 Å². The highest BCUT2D eigenvalue weighted by Gasteiger charge is 2.18. The standard InChI is InChI=1S/C23H15F2NO5/c1-2-29-17-8-3-14(4-9-17)22(27)30-18-10-5-15(6-11-18)23(28)31-19-12-7-16(13-26)20(24)21(19)25/h3-12H,2H2,1H3. The molecule has 0 fully saturated rings. The average Bonchev–Trinajstić information content (AvgIpc) is 2.78. The highest BCUT2D eigenvalue weighted by molar-refractivity contribution is 5.92. The van der Waals surface area contributed by atoms with Crippen molar-refractivity contribution in [2.24, 2.45) is 0 Å². The van der Waals surface area contributed by atoms with Crippen molar-refractivity contribution in [2.45, 2.75) is 6.92 Å². The molecule has 0 aliphatic rings. The van der Waals surface area contributed by atoms with E-state index in [1.165, 1.54) is 30.3 Å². The van der Waals surface area contributed by atoms with Gasteiger partial charge in [0.2, 0.25) is 5.82 Å². The minimum Gasteiger partial charge on any atom is -0.494 e. The maximum atomic E-state index is 13.9. The van der Waals surface area contributed by atoms with Gasteiger partial charge in [-0.05, 0) is 67.6 Å². The van der Waals surface area contributed by atoms with Gasteiger partial charge in [0.15, 0.2) is 11.6 Å². The van der Waals surface area contributed by atoms with Crippen molar-refractivity contribution in [1.29, 1.82) is 5.26 Å². The molecule has 0 saturated heterocycles. The summed E-state index contributed by atoms with van der Waals surface area (Å²) in [6.07, 6.45) is 0. The van der Waals surface area contributed by atoms with E-state index >= 15 is 0 Å². The summed E-state index contributed by atoms with van der Waals surface area (Å²) in [7, 11) is 0. The van der Waals surface area contributed by atoms with Crippen LogP contribution in [0.3, 0.4) is 0 Å². The van der Waals surface area contributed by atoms with E-state index in [9.17, 15) is 18.4 Å². The number of carbonyl (C=O) groups excluding carboxylic acids is 2. The lowest BCUT2D eigenvalue weighted by Crippen LogP contribution is -2.11. The Balaban J connectivity index is 1.66. The van der Waals surface area contributed by atoms with Gasteiger partial charge in [0.05, 0.1) is 23.3 Å². The van der Waals surface area contributed by atoms with E-state index < -0.39 is 34.9 Å². The molecule has 3 rings (SSSR count). The molecule has 8 heteroatoms. The van der Waals surface area contributed by atoms with E-state index in [4.69, 9.17) is 19.5 Å². The Hall–Kier alpha value is -4.25. The van der Waals surface area contributed by atoms with Crippen molar-refractivity contribution in [2.75, 3.05) is 6.61 Å². The maximum Gasteiger partial charge on any atom is 0.343 e. The zero-order valence-electron chi connectivity index (χ0n) is 16.2. The Labute approximate surface area is 176 Å². The summed E-state index contributed by atoms with van der Waals surface area (Å²) < 4.78 is 42.9. The Kier molecular flexibility index (Phi) is 6.58. The number of hydrogen-bond acceptors (Lipinski definition) is 6. The van der Waals surface area contributed by atoms with Crippen LogP contribution in [0, 0.1) is 23.0 Å². The first-order chi connectivity index (χ1) is 14.9. The van der Waals surface area contributed by atoms with Crippen LogP contribution in [-0.2, 0) is 0 Å². The molecule has 0 aromatic heterocycles. The fourth-order valence-corrected chi connectivity index (χ4v) is 2.53. The van der Waals surface area contributed by atoms with Crippen LogP contribution < -0.4 is 14.2 Å². The molecular formula is C23H15F2NO5. The summed E-state index contributed by atoms with van der Waals surface area (Å²) in [6, 6.07) is 15.2. The summed E-state index contributed by atoms with van der Waals surface area (Å²) in [5.74, 6) is -4.24. The molecule has 3 aromatic rings. The molecule has 0 heterocycles. The second-order valence-corrected chi connectivity index (χ2v) is 6.11. The van der Waals surface area contributed by atoms with Gasteiger partial charge in [-0.25, -0.2) is 14.0 Å². The van der Waals surface area contributed by atoms with Gasteiger partial charge in [-0.2, -0.15) is 9.65 Å². The fourth-order valence-electron chi connectivity index (χ4n) is 2.53. The topological polar surface area (TPSA) is 85.6 Å². The second kappa shape index (κ2) is 9.50. The molecule has 0 N–H and O–H groups in total. The SMILES string of the molecule is CCOc1ccc(C(=O)Oc2ccc(C(=O)Oc3ccc(C#N)c(F)c3F)cc2)cc1. The van der Waals surface area contributed by atoms with Crippen molar-refractivity contribution in [3.63, 3.8) is 0 Å². The number of esters is 2. The predicted octanol–water partition coefficient (Wildman–Crippen LogP) is 4.67. The van der Waals surface area contributed by atoms with E-state index in [1.807, 2.05) is 6.92 Å². The zero-order valence-corrected chi connectivity index (χ0v) is 16.2. The summed E-state index contributed by atoms with van der Waals surface area (Å²) in [6.45, 7) is 2.35. The lowest BCUT2D eigenvalue weighted by Gasteiger charge is -2.08. The number of ether oxygens (including phenoxy) is 3. The first-order valence-corrected chi connectivity index (χ1v) is 9.08. The van der Waals surface area contributed by atoms with E-state index in [0.717, 1.165) is 12.1 Å². The van der Waals surface area contributed by atoms with Crippen molar-refractivity contribution in [1.82, 2.24) is 0 Å². The molecule has 0 spiro atoms. The largest absolute Gasteiger partial charge is 0.494 e. The van der Waals surface area contributed by atoms with Crippen LogP contribution in [0.2, 0.25) is 0 Å². The smallest absolute Gasteiger partial charge is 0.343 e. The van der Waals surface area contributed by atoms with Crippen LogP contribution in [0.5, 0.6) is 17.2 Å². The number of rotatable bonds is 6. The predicted molar refractivity (Wildman–Crippen MR) is 105 cm³/mol.